The van der Waals surface area contributed by atoms with E-state index < -0.39 is 25.7 Å². The lowest BCUT2D eigenvalue weighted by Crippen LogP contribution is -2.50. The van der Waals surface area contributed by atoms with Gasteiger partial charge in [-0.15, -0.1) is 0 Å². The minimum absolute atomic E-state index is 0.00590. The van der Waals surface area contributed by atoms with E-state index in [-0.39, 0.29) is 5.91 Å². The Hall–Kier alpha value is 0.531. The van der Waals surface area contributed by atoms with Gasteiger partial charge in [0.2, 0.25) is 9.04 Å². The summed E-state index contributed by atoms with van der Waals surface area (Å²) in [5.74, 6) is -0.00590. The largest absolute Gasteiger partial charge is 0.414 e. The Balaban J connectivity index is 2.63. The van der Waals surface area contributed by atoms with Crippen LogP contribution in [0, 0.1) is 0 Å². The van der Waals surface area contributed by atoms with Gasteiger partial charge in [-0.05, 0) is 51.7 Å². The first-order valence-electron chi connectivity index (χ1n) is 6.65. The van der Waals surface area contributed by atoms with Gasteiger partial charge in [-0.2, -0.15) is 0 Å². The van der Waals surface area contributed by atoms with E-state index in [4.69, 9.17) is 13.3 Å². The van der Waals surface area contributed by atoms with Gasteiger partial charge in [0, 0.05) is 6.61 Å². The molecule has 1 heterocycles. The molecule has 0 amide bonds. The van der Waals surface area contributed by atoms with Crippen LogP contribution in [0.15, 0.2) is 0 Å². The van der Waals surface area contributed by atoms with E-state index in [0.717, 1.165) is 6.61 Å². The van der Waals surface area contributed by atoms with Crippen molar-refractivity contribution in [1.82, 2.24) is 0 Å². The summed E-state index contributed by atoms with van der Waals surface area (Å²) in [4.78, 5) is 0. The predicted octanol–water partition coefficient (Wildman–Crippen LogP) is 3.09. The molecule has 0 aromatic heterocycles. The van der Waals surface area contributed by atoms with Crippen LogP contribution in [0.1, 0.15) is 12.8 Å². The lowest BCUT2D eigenvalue weighted by molar-refractivity contribution is 0.0366. The van der Waals surface area contributed by atoms with Gasteiger partial charge in [0.15, 0.2) is 16.6 Å². The van der Waals surface area contributed by atoms with Crippen LogP contribution in [0.4, 0.5) is 0 Å². The minimum Gasteiger partial charge on any atom is -0.414 e. The SMILES string of the molecule is C[Si](C)(C)OC(O[Si](C)(C)C)[SiH]1CCCCO1. The minimum atomic E-state index is -1.55. The highest BCUT2D eigenvalue weighted by Crippen LogP contribution is 2.22. The van der Waals surface area contributed by atoms with Crippen molar-refractivity contribution in [3.05, 3.63) is 0 Å². The number of hydrogen-bond acceptors (Lipinski definition) is 3. The normalized spacial score (nSPS) is 23.1. The Morgan fingerprint density at radius 3 is 1.82 bits per heavy atom. The smallest absolute Gasteiger partial charge is 0.235 e. The van der Waals surface area contributed by atoms with E-state index in [1.54, 1.807) is 0 Å². The molecule has 0 bridgehead atoms. The Morgan fingerprint density at radius 2 is 1.47 bits per heavy atom. The van der Waals surface area contributed by atoms with Crippen molar-refractivity contribution in [1.29, 1.82) is 0 Å². The molecule has 102 valence electrons. The molecule has 6 heteroatoms. The molecule has 1 aliphatic rings. The molecule has 0 aromatic carbocycles. The van der Waals surface area contributed by atoms with Gasteiger partial charge in [0.05, 0.1) is 0 Å². The molecule has 1 saturated heterocycles. The summed E-state index contributed by atoms with van der Waals surface area (Å²) in [5, 5.41) is 0. The maximum atomic E-state index is 6.24. The summed E-state index contributed by atoms with van der Waals surface area (Å²) in [7, 11) is -4.42. The molecule has 1 fully saturated rings. The second kappa shape index (κ2) is 6.12. The van der Waals surface area contributed by atoms with Crippen LogP contribution in [-0.4, -0.2) is 38.2 Å². The lowest BCUT2D eigenvalue weighted by atomic mass is 10.4. The molecule has 17 heavy (non-hydrogen) atoms. The standard InChI is InChI=1S/C11H28O3Si3/c1-16(2,3)13-11(14-17(4,5)6)15-10-8-7-9-12-15/h11,15H,7-10H2,1-6H3. The summed E-state index contributed by atoms with van der Waals surface area (Å²) in [6, 6.07) is 1.21. The molecule has 1 unspecified atom stereocenters. The molecule has 3 nitrogen and oxygen atoms in total. The van der Waals surface area contributed by atoms with Gasteiger partial charge in [0.1, 0.15) is 5.91 Å². The molecule has 0 spiro atoms. The van der Waals surface area contributed by atoms with Gasteiger partial charge in [-0.3, -0.25) is 0 Å². The predicted molar refractivity (Wildman–Crippen MR) is 79.8 cm³/mol. The van der Waals surface area contributed by atoms with Gasteiger partial charge in [-0.25, -0.2) is 0 Å². The molecule has 0 radical (unpaired) electrons. The van der Waals surface area contributed by atoms with Gasteiger partial charge in [-0.1, -0.05) is 6.42 Å². The second-order valence-electron chi connectivity index (χ2n) is 6.73. The molecule has 1 aliphatic heterocycles. The van der Waals surface area contributed by atoms with Crippen LogP contribution in [-0.2, 0) is 13.3 Å². The van der Waals surface area contributed by atoms with E-state index in [2.05, 4.69) is 39.3 Å². The number of hydrogen-bond donors (Lipinski definition) is 0. The fraction of sp³-hybridized carbons (Fsp3) is 1.00. The van der Waals surface area contributed by atoms with Crippen LogP contribution in [0.5, 0.6) is 0 Å². The first-order chi connectivity index (χ1) is 7.67. The average molecular weight is 293 g/mol. The monoisotopic (exact) mass is 292 g/mol. The van der Waals surface area contributed by atoms with E-state index >= 15 is 0 Å². The van der Waals surface area contributed by atoms with E-state index in [1.165, 1.54) is 18.9 Å². The molecule has 0 saturated carbocycles. The van der Waals surface area contributed by atoms with Crippen LogP contribution < -0.4 is 0 Å². The maximum Gasteiger partial charge on any atom is 0.235 e. The second-order valence-corrected chi connectivity index (χ2v) is 18.2. The third-order valence-corrected chi connectivity index (χ3v) is 7.40. The van der Waals surface area contributed by atoms with Crippen molar-refractivity contribution in [2.24, 2.45) is 0 Å². The highest BCUT2D eigenvalue weighted by Gasteiger charge is 2.35. The third-order valence-electron chi connectivity index (χ3n) is 2.46. The Bertz CT molecular complexity index is 213. The van der Waals surface area contributed by atoms with Crippen molar-refractivity contribution < 1.29 is 13.3 Å². The maximum absolute atomic E-state index is 6.24. The number of rotatable bonds is 5. The molecule has 1 atom stereocenters. The Labute approximate surface area is 110 Å². The van der Waals surface area contributed by atoms with Gasteiger partial charge >= 0.3 is 0 Å². The van der Waals surface area contributed by atoms with E-state index in [1.807, 2.05) is 0 Å². The van der Waals surface area contributed by atoms with Crippen molar-refractivity contribution in [3.8, 4) is 0 Å². The summed E-state index contributed by atoms with van der Waals surface area (Å²) in [6.45, 7) is 14.3. The Morgan fingerprint density at radius 1 is 0.941 bits per heavy atom. The highest BCUT2D eigenvalue weighted by molar-refractivity contribution is 6.72. The van der Waals surface area contributed by atoms with Crippen molar-refractivity contribution in [2.45, 2.75) is 64.1 Å². The van der Waals surface area contributed by atoms with Crippen LogP contribution in [0.3, 0.4) is 0 Å². The summed E-state index contributed by atoms with van der Waals surface area (Å²) in [5.41, 5.74) is 0. The fourth-order valence-corrected chi connectivity index (χ4v) is 8.86. The van der Waals surface area contributed by atoms with Gasteiger partial charge in [0.25, 0.3) is 0 Å². The highest BCUT2D eigenvalue weighted by atomic mass is 28.4. The van der Waals surface area contributed by atoms with Crippen LogP contribution >= 0.6 is 0 Å². The zero-order valence-corrected chi connectivity index (χ0v) is 15.4. The molecule has 0 aliphatic carbocycles. The van der Waals surface area contributed by atoms with Gasteiger partial charge < -0.3 is 13.3 Å². The molecule has 1 rings (SSSR count). The summed E-state index contributed by atoms with van der Waals surface area (Å²) in [6.07, 6.45) is 2.49. The van der Waals surface area contributed by atoms with Crippen molar-refractivity contribution in [3.63, 3.8) is 0 Å². The molecule has 0 aromatic rings. The zero-order chi connectivity index (χ0) is 13.1. The molecule has 0 N–H and O–H groups in total. The zero-order valence-electron chi connectivity index (χ0n) is 12.2. The lowest BCUT2D eigenvalue weighted by Gasteiger charge is -2.36. The van der Waals surface area contributed by atoms with Crippen LogP contribution in [0.25, 0.3) is 0 Å². The summed E-state index contributed by atoms with van der Waals surface area (Å²) < 4.78 is 18.4. The quantitative estimate of drug-likeness (QED) is 0.576. The summed E-state index contributed by atoms with van der Waals surface area (Å²) >= 11 is 0. The first-order valence-corrected chi connectivity index (χ1v) is 15.4. The van der Waals surface area contributed by atoms with Crippen molar-refractivity contribution in [2.75, 3.05) is 6.61 Å². The first kappa shape index (κ1) is 15.6. The third kappa shape index (κ3) is 6.88. The average Bonchev–Trinajstić information content (AvgIpc) is 2.14. The van der Waals surface area contributed by atoms with Crippen molar-refractivity contribution >= 4 is 25.7 Å². The van der Waals surface area contributed by atoms with Crippen LogP contribution in [0.2, 0.25) is 45.3 Å². The van der Waals surface area contributed by atoms with E-state index in [9.17, 15) is 0 Å². The fourth-order valence-electron chi connectivity index (χ4n) is 1.85. The Kier molecular flexibility index (Phi) is 5.61. The molecular weight excluding hydrogens is 264 g/mol. The topological polar surface area (TPSA) is 27.7 Å². The molecular formula is C11H28O3Si3. The van der Waals surface area contributed by atoms with E-state index in [0.29, 0.717) is 0 Å².